The number of nitrogens with one attached hydrogen (secondary N) is 1. The van der Waals surface area contributed by atoms with Gasteiger partial charge in [-0.1, -0.05) is 53.2 Å². The zero-order chi connectivity index (χ0) is 16.2. The number of benzene rings is 1. The average Bonchev–Trinajstić information content (AvgIpc) is 3.19. The highest BCUT2D eigenvalue weighted by atomic mass is 35.5. The molecule has 0 radical (unpaired) electrons. The predicted molar refractivity (Wildman–Crippen MR) is 90.8 cm³/mol. The van der Waals surface area contributed by atoms with Crippen LogP contribution in [0.15, 0.2) is 47.8 Å². The minimum Gasteiger partial charge on any atom is -0.343 e. The number of amides is 1. The summed E-state index contributed by atoms with van der Waals surface area (Å²) < 4.78 is 1.52. The molecule has 2 aromatic heterocycles. The number of halogens is 1. The first-order valence-electron chi connectivity index (χ1n) is 7.12. The number of rotatable bonds is 5. The van der Waals surface area contributed by atoms with Crippen molar-refractivity contribution in [3.05, 3.63) is 69.1 Å². The van der Waals surface area contributed by atoms with E-state index in [1.807, 2.05) is 54.8 Å². The first-order chi connectivity index (χ1) is 11.1. The van der Waals surface area contributed by atoms with Gasteiger partial charge in [-0.3, -0.25) is 4.79 Å². The van der Waals surface area contributed by atoms with Crippen molar-refractivity contribution in [1.82, 2.24) is 20.3 Å². The maximum absolute atomic E-state index is 12.3. The lowest BCUT2D eigenvalue weighted by atomic mass is 10.2. The van der Waals surface area contributed by atoms with E-state index in [1.54, 1.807) is 11.3 Å². The van der Waals surface area contributed by atoms with Gasteiger partial charge in [0.2, 0.25) is 0 Å². The molecule has 0 aliphatic rings. The second kappa shape index (κ2) is 6.93. The summed E-state index contributed by atoms with van der Waals surface area (Å²) in [6.45, 7) is 2.40. The number of thiophene rings is 1. The lowest BCUT2D eigenvalue weighted by Crippen LogP contribution is -2.26. The van der Waals surface area contributed by atoms with Gasteiger partial charge < -0.3 is 5.32 Å². The zero-order valence-electron chi connectivity index (χ0n) is 12.4. The molecule has 23 heavy (non-hydrogen) atoms. The predicted octanol–water partition coefficient (Wildman–Crippen LogP) is 3.53. The second-order valence-corrected chi connectivity index (χ2v) is 6.42. The molecular formula is C16H15ClN4OS. The van der Waals surface area contributed by atoms with E-state index in [0.29, 0.717) is 6.54 Å². The molecule has 1 unspecified atom stereocenters. The Labute approximate surface area is 142 Å². The van der Waals surface area contributed by atoms with E-state index in [0.717, 1.165) is 10.4 Å². The Morgan fingerprint density at radius 2 is 2.09 bits per heavy atom. The summed E-state index contributed by atoms with van der Waals surface area (Å²) in [6.07, 6.45) is 0. The highest BCUT2D eigenvalue weighted by Gasteiger charge is 2.20. The van der Waals surface area contributed by atoms with Gasteiger partial charge >= 0.3 is 0 Å². The topological polar surface area (TPSA) is 59.8 Å². The molecule has 1 aromatic carbocycles. The van der Waals surface area contributed by atoms with Crippen LogP contribution in [-0.4, -0.2) is 20.9 Å². The molecule has 0 saturated heterocycles. The molecule has 0 bridgehead atoms. The SMILES string of the molecule is CC(NC(=O)c1nnn(Cc2ccccc2)c1Cl)c1cccs1. The molecule has 7 heteroatoms. The molecule has 0 spiro atoms. The third-order valence-corrected chi connectivity index (χ3v) is 4.81. The fraction of sp³-hybridized carbons (Fsp3) is 0.188. The first kappa shape index (κ1) is 15.7. The minimum absolute atomic E-state index is 0.0992. The average molecular weight is 347 g/mol. The molecule has 5 nitrogen and oxygen atoms in total. The van der Waals surface area contributed by atoms with Gasteiger partial charge in [0.05, 0.1) is 12.6 Å². The molecule has 2 heterocycles. The van der Waals surface area contributed by atoms with Crippen molar-refractivity contribution in [2.24, 2.45) is 0 Å². The highest BCUT2D eigenvalue weighted by Crippen LogP contribution is 2.20. The fourth-order valence-corrected chi connectivity index (χ4v) is 3.12. The van der Waals surface area contributed by atoms with Crippen LogP contribution in [0.3, 0.4) is 0 Å². The Hall–Kier alpha value is -2.18. The maximum atomic E-state index is 12.3. The van der Waals surface area contributed by atoms with Gasteiger partial charge in [-0.2, -0.15) is 0 Å². The van der Waals surface area contributed by atoms with Crippen molar-refractivity contribution in [2.75, 3.05) is 0 Å². The maximum Gasteiger partial charge on any atom is 0.275 e. The standard InChI is InChI=1S/C16H15ClN4OS/c1-11(13-8-5-9-23-13)18-16(22)14-15(17)21(20-19-14)10-12-6-3-2-4-7-12/h2-9,11H,10H2,1H3,(H,18,22). The lowest BCUT2D eigenvalue weighted by molar-refractivity contribution is 0.0935. The Morgan fingerprint density at radius 3 is 2.78 bits per heavy atom. The molecule has 1 amide bonds. The third kappa shape index (κ3) is 3.60. The van der Waals surface area contributed by atoms with E-state index in [9.17, 15) is 4.79 Å². The Morgan fingerprint density at radius 1 is 1.30 bits per heavy atom. The van der Waals surface area contributed by atoms with Crippen LogP contribution in [0.25, 0.3) is 0 Å². The quantitative estimate of drug-likeness (QED) is 0.768. The van der Waals surface area contributed by atoms with Crippen LogP contribution >= 0.6 is 22.9 Å². The fourth-order valence-electron chi connectivity index (χ4n) is 2.17. The number of carbonyl (C=O) groups excluding carboxylic acids is 1. The van der Waals surface area contributed by atoms with Gasteiger partial charge in [-0.05, 0) is 23.9 Å². The van der Waals surface area contributed by atoms with Crippen LogP contribution in [0.4, 0.5) is 0 Å². The van der Waals surface area contributed by atoms with Crippen LogP contribution in [-0.2, 0) is 6.54 Å². The van der Waals surface area contributed by atoms with Crippen molar-refractivity contribution in [2.45, 2.75) is 19.5 Å². The van der Waals surface area contributed by atoms with Crippen molar-refractivity contribution < 1.29 is 4.79 Å². The number of carbonyl (C=O) groups is 1. The van der Waals surface area contributed by atoms with E-state index >= 15 is 0 Å². The van der Waals surface area contributed by atoms with E-state index in [-0.39, 0.29) is 22.8 Å². The summed E-state index contributed by atoms with van der Waals surface area (Å²) in [5, 5.41) is 13.0. The molecule has 118 valence electrons. The van der Waals surface area contributed by atoms with Gasteiger partial charge in [0.15, 0.2) is 10.8 Å². The van der Waals surface area contributed by atoms with E-state index < -0.39 is 0 Å². The summed E-state index contributed by atoms with van der Waals surface area (Å²) in [5.41, 5.74) is 1.18. The second-order valence-electron chi connectivity index (χ2n) is 5.08. The molecule has 0 saturated carbocycles. The Kier molecular flexibility index (Phi) is 4.73. The number of aromatic nitrogens is 3. The van der Waals surface area contributed by atoms with E-state index in [2.05, 4.69) is 15.6 Å². The molecular weight excluding hydrogens is 332 g/mol. The number of hydrogen-bond donors (Lipinski definition) is 1. The van der Waals surface area contributed by atoms with Gasteiger partial charge in [0.25, 0.3) is 5.91 Å². The Bertz CT molecular complexity index is 786. The van der Waals surface area contributed by atoms with Crippen LogP contribution in [0, 0.1) is 0 Å². The summed E-state index contributed by atoms with van der Waals surface area (Å²) in [5.74, 6) is -0.324. The number of nitrogens with zero attached hydrogens (tertiary/aromatic N) is 3. The van der Waals surface area contributed by atoms with Crippen LogP contribution in [0.1, 0.15) is 33.9 Å². The zero-order valence-corrected chi connectivity index (χ0v) is 14.0. The highest BCUT2D eigenvalue weighted by molar-refractivity contribution is 7.10. The van der Waals surface area contributed by atoms with Crippen LogP contribution in [0.2, 0.25) is 5.15 Å². The van der Waals surface area contributed by atoms with Gasteiger partial charge in [-0.15, -0.1) is 16.4 Å². The summed E-state index contributed by atoms with van der Waals surface area (Å²) >= 11 is 7.85. The first-order valence-corrected chi connectivity index (χ1v) is 8.38. The molecule has 0 aliphatic heterocycles. The van der Waals surface area contributed by atoms with Crippen molar-refractivity contribution in [3.8, 4) is 0 Å². The molecule has 0 fully saturated rings. The summed E-state index contributed by atoms with van der Waals surface area (Å²) in [6, 6.07) is 13.6. The Balaban J connectivity index is 1.72. The summed E-state index contributed by atoms with van der Waals surface area (Å²) in [7, 11) is 0. The largest absolute Gasteiger partial charge is 0.343 e. The molecule has 3 rings (SSSR count). The van der Waals surface area contributed by atoms with E-state index in [4.69, 9.17) is 11.6 Å². The normalized spacial score (nSPS) is 12.1. The lowest BCUT2D eigenvalue weighted by Gasteiger charge is -2.10. The monoisotopic (exact) mass is 346 g/mol. The van der Waals surface area contributed by atoms with E-state index in [1.165, 1.54) is 4.68 Å². The molecule has 1 N–H and O–H groups in total. The van der Waals surface area contributed by atoms with Crippen molar-refractivity contribution >= 4 is 28.8 Å². The van der Waals surface area contributed by atoms with Crippen molar-refractivity contribution in [1.29, 1.82) is 0 Å². The summed E-state index contributed by atoms with van der Waals surface area (Å²) in [4.78, 5) is 13.4. The molecule has 3 aromatic rings. The number of hydrogen-bond acceptors (Lipinski definition) is 4. The molecule has 1 atom stereocenters. The van der Waals surface area contributed by atoms with Crippen molar-refractivity contribution in [3.63, 3.8) is 0 Å². The molecule has 0 aliphatic carbocycles. The van der Waals surface area contributed by atoms with Crippen LogP contribution in [0.5, 0.6) is 0 Å². The van der Waals surface area contributed by atoms with Gasteiger partial charge in [0, 0.05) is 4.88 Å². The van der Waals surface area contributed by atoms with Gasteiger partial charge in [0.1, 0.15) is 0 Å². The third-order valence-electron chi connectivity index (χ3n) is 3.38. The van der Waals surface area contributed by atoms with Crippen LogP contribution < -0.4 is 5.32 Å². The smallest absolute Gasteiger partial charge is 0.275 e. The minimum atomic E-state index is -0.324. The van der Waals surface area contributed by atoms with Gasteiger partial charge in [-0.25, -0.2) is 4.68 Å².